The normalized spacial score (nSPS) is 15.1. The van der Waals surface area contributed by atoms with Gasteiger partial charge in [0.25, 0.3) is 0 Å². The van der Waals surface area contributed by atoms with Crippen molar-refractivity contribution in [3.63, 3.8) is 0 Å². The number of rotatable bonds is 5. The van der Waals surface area contributed by atoms with E-state index in [1.165, 1.54) is 0 Å². The Labute approximate surface area is 97.0 Å². The minimum Gasteiger partial charge on any atom is -0.398 e. The Morgan fingerprint density at radius 1 is 1.44 bits per heavy atom. The lowest BCUT2D eigenvalue weighted by Gasteiger charge is -2.27. The molecule has 4 heteroatoms. The van der Waals surface area contributed by atoms with Crippen LogP contribution in [0.1, 0.15) is 32.4 Å². The summed E-state index contributed by atoms with van der Waals surface area (Å²) >= 11 is 0. The van der Waals surface area contributed by atoms with E-state index in [-0.39, 0.29) is 12.1 Å². The zero-order chi connectivity index (χ0) is 12.1. The van der Waals surface area contributed by atoms with Crippen molar-refractivity contribution in [3.8, 4) is 0 Å². The molecular weight excluding hydrogens is 202 g/mol. The van der Waals surface area contributed by atoms with Crippen molar-refractivity contribution in [1.29, 1.82) is 0 Å². The summed E-state index contributed by atoms with van der Waals surface area (Å²) in [5.74, 6) is 0.342. The van der Waals surface area contributed by atoms with Gasteiger partial charge < -0.3 is 16.2 Å². The van der Waals surface area contributed by atoms with Crippen LogP contribution in [0.15, 0.2) is 18.5 Å². The van der Waals surface area contributed by atoms with Crippen LogP contribution in [0.3, 0.4) is 0 Å². The fraction of sp³-hybridized carbons (Fsp3) is 0.583. The lowest BCUT2D eigenvalue weighted by atomic mass is 9.94. The maximum Gasteiger partial charge on any atom is 0.0791 e. The molecule has 0 spiro atoms. The van der Waals surface area contributed by atoms with Gasteiger partial charge in [0.1, 0.15) is 0 Å². The standard InChI is InChI=1S/C12H21N3O/c1-4-16-12(8(2)3)11(14)9-7-15-6-5-10(9)13/h5-8,11-12H,4,14H2,1-3H3,(H2,13,15). The van der Waals surface area contributed by atoms with Crippen molar-refractivity contribution in [3.05, 3.63) is 24.0 Å². The van der Waals surface area contributed by atoms with Crippen molar-refractivity contribution in [2.24, 2.45) is 11.7 Å². The molecule has 2 unspecified atom stereocenters. The number of nitrogen functional groups attached to an aromatic ring is 1. The van der Waals surface area contributed by atoms with E-state index >= 15 is 0 Å². The van der Waals surface area contributed by atoms with Crippen LogP contribution in [0.4, 0.5) is 5.69 Å². The van der Waals surface area contributed by atoms with Crippen molar-refractivity contribution < 1.29 is 4.74 Å². The maximum atomic E-state index is 6.18. The minimum atomic E-state index is -0.228. The van der Waals surface area contributed by atoms with Crippen molar-refractivity contribution in [2.75, 3.05) is 12.3 Å². The van der Waals surface area contributed by atoms with Crippen molar-refractivity contribution >= 4 is 5.69 Å². The zero-order valence-corrected chi connectivity index (χ0v) is 10.2. The summed E-state index contributed by atoms with van der Waals surface area (Å²) in [5, 5.41) is 0. The van der Waals surface area contributed by atoms with Crippen LogP contribution in [-0.2, 0) is 4.74 Å². The molecule has 1 heterocycles. The summed E-state index contributed by atoms with van der Waals surface area (Å²) in [7, 11) is 0. The van der Waals surface area contributed by atoms with Crippen molar-refractivity contribution in [1.82, 2.24) is 4.98 Å². The fourth-order valence-corrected chi connectivity index (χ4v) is 1.78. The number of hydrogen-bond acceptors (Lipinski definition) is 4. The summed E-state index contributed by atoms with van der Waals surface area (Å²) in [4.78, 5) is 4.05. The lowest BCUT2D eigenvalue weighted by Crippen LogP contribution is -2.34. The predicted molar refractivity (Wildman–Crippen MR) is 65.8 cm³/mol. The predicted octanol–water partition coefficient (Wildman–Crippen LogP) is 1.72. The fourth-order valence-electron chi connectivity index (χ4n) is 1.78. The average Bonchev–Trinajstić information content (AvgIpc) is 2.25. The van der Waals surface area contributed by atoms with Gasteiger partial charge in [-0.1, -0.05) is 13.8 Å². The molecule has 0 saturated carbocycles. The molecule has 0 fully saturated rings. The molecule has 0 bridgehead atoms. The molecule has 0 saturated heterocycles. The van der Waals surface area contributed by atoms with Crippen LogP contribution in [0, 0.1) is 5.92 Å². The summed E-state index contributed by atoms with van der Waals surface area (Å²) in [5.41, 5.74) is 13.6. The topological polar surface area (TPSA) is 74.2 Å². The highest BCUT2D eigenvalue weighted by Gasteiger charge is 2.24. The SMILES string of the molecule is CCOC(C(C)C)C(N)c1cnccc1N. The summed E-state index contributed by atoms with van der Waals surface area (Å²) < 4.78 is 5.67. The number of ether oxygens (including phenoxy) is 1. The van der Waals surface area contributed by atoms with Crippen molar-refractivity contribution in [2.45, 2.75) is 32.9 Å². The Kier molecular flexibility index (Phi) is 4.71. The second-order valence-electron chi connectivity index (χ2n) is 4.19. The Morgan fingerprint density at radius 2 is 2.12 bits per heavy atom. The Morgan fingerprint density at radius 3 is 2.62 bits per heavy atom. The van der Waals surface area contributed by atoms with Crippen LogP contribution in [0.5, 0.6) is 0 Å². The van der Waals surface area contributed by atoms with Gasteiger partial charge in [0, 0.05) is 30.3 Å². The van der Waals surface area contributed by atoms with Gasteiger partial charge in [0.2, 0.25) is 0 Å². The smallest absolute Gasteiger partial charge is 0.0791 e. The van der Waals surface area contributed by atoms with Crippen LogP contribution >= 0.6 is 0 Å². The Hall–Kier alpha value is -1.13. The largest absolute Gasteiger partial charge is 0.398 e. The average molecular weight is 223 g/mol. The maximum absolute atomic E-state index is 6.18. The quantitative estimate of drug-likeness (QED) is 0.797. The van der Waals surface area contributed by atoms with E-state index in [0.717, 1.165) is 5.56 Å². The minimum absolute atomic E-state index is 0.0310. The molecule has 1 aromatic heterocycles. The molecule has 4 N–H and O–H groups in total. The van der Waals surface area contributed by atoms with Gasteiger partial charge in [0.15, 0.2) is 0 Å². The van der Waals surface area contributed by atoms with Gasteiger partial charge in [-0.15, -0.1) is 0 Å². The third kappa shape index (κ3) is 2.93. The first-order valence-electron chi connectivity index (χ1n) is 5.64. The number of pyridine rings is 1. The number of nitrogens with two attached hydrogens (primary N) is 2. The van der Waals surface area contributed by atoms with Crippen LogP contribution < -0.4 is 11.5 Å². The highest BCUT2D eigenvalue weighted by molar-refractivity contribution is 5.46. The van der Waals surface area contributed by atoms with Gasteiger partial charge in [0.05, 0.1) is 12.1 Å². The Bertz CT molecular complexity index is 328. The lowest BCUT2D eigenvalue weighted by molar-refractivity contribution is 0.0122. The van der Waals surface area contributed by atoms with E-state index in [1.807, 2.05) is 6.92 Å². The summed E-state index contributed by atoms with van der Waals surface area (Å²) in [6.45, 7) is 6.80. The van der Waals surface area contributed by atoms with Crippen LogP contribution in [0.25, 0.3) is 0 Å². The number of nitrogens with zero attached hydrogens (tertiary/aromatic N) is 1. The molecule has 0 radical (unpaired) electrons. The summed E-state index contributed by atoms with van der Waals surface area (Å²) in [6, 6.07) is 1.53. The van der Waals surface area contributed by atoms with E-state index in [0.29, 0.717) is 18.2 Å². The third-order valence-electron chi connectivity index (χ3n) is 2.62. The third-order valence-corrected chi connectivity index (χ3v) is 2.62. The molecule has 0 aromatic carbocycles. The van der Waals surface area contributed by atoms with Crippen LogP contribution in [0.2, 0.25) is 0 Å². The summed E-state index contributed by atoms with van der Waals surface area (Å²) in [6.07, 6.45) is 3.35. The molecule has 0 aliphatic heterocycles. The molecule has 0 aliphatic rings. The van der Waals surface area contributed by atoms with Gasteiger partial charge in [-0.05, 0) is 18.9 Å². The molecular formula is C12H21N3O. The van der Waals surface area contributed by atoms with E-state index in [9.17, 15) is 0 Å². The molecule has 0 aliphatic carbocycles. The first-order chi connectivity index (χ1) is 7.57. The van der Waals surface area contributed by atoms with E-state index < -0.39 is 0 Å². The second-order valence-corrected chi connectivity index (χ2v) is 4.19. The first-order valence-corrected chi connectivity index (χ1v) is 5.64. The number of hydrogen-bond donors (Lipinski definition) is 2. The van der Waals surface area contributed by atoms with Gasteiger partial charge in [-0.3, -0.25) is 4.98 Å². The van der Waals surface area contributed by atoms with Crippen LogP contribution in [-0.4, -0.2) is 17.7 Å². The zero-order valence-electron chi connectivity index (χ0n) is 10.2. The van der Waals surface area contributed by atoms with E-state index in [4.69, 9.17) is 16.2 Å². The number of aromatic nitrogens is 1. The number of anilines is 1. The molecule has 1 rings (SSSR count). The molecule has 0 amide bonds. The first kappa shape index (κ1) is 12.9. The molecule has 90 valence electrons. The van der Waals surface area contributed by atoms with Gasteiger partial charge >= 0.3 is 0 Å². The second kappa shape index (κ2) is 5.82. The van der Waals surface area contributed by atoms with E-state index in [1.54, 1.807) is 18.5 Å². The Balaban J connectivity index is 2.90. The van der Waals surface area contributed by atoms with E-state index in [2.05, 4.69) is 18.8 Å². The monoisotopic (exact) mass is 223 g/mol. The molecule has 4 nitrogen and oxygen atoms in total. The van der Waals surface area contributed by atoms with Gasteiger partial charge in [-0.25, -0.2) is 0 Å². The highest BCUT2D eigenvalue weighted by atomic mass is 16.5. The molecule has 2 atom stereocenters. The van der Waals surface area contributed by atoms with Gasteiger partial charge in [-0.2, -0.15) is 0 Å². The molecule has 1 aromatic rings. The molecule has 16 heavy (non-hydrogen) atoms. The highest BCUT2D eigenvalue weighted by Crippen LogP contribution is 2.25.